The molecule has 1 saturated heterocycles. The van der Waals surface area contributed by atoms with E-state index in [0.29, 0.717) is 0 Å². The van der Waals surface area contributed by atoms with E-state index in [0.717, 1.165) is 0 Å². The molecule has 1 rings (SSSR count). The molecule has 12 heteroatoms. The first-order chi connectivity index (χ1) is 9.34. The van der Waals surface area contributed by atoms with E-state index in [1.807, 2.05) is 0 Å². The van der Waals surface area contributed by atoms with E-state index in [4.69, 9.17) is 25.9 Å². The van der Waals surface area contributed by atoms with Crippen LogP contribution in [0.3, 0.4) is 0 Å². The first-order valence-electron chi connectivity index (χ1n) is 5.28. The van der Waals surface area contributed by atoms with Crippen molar-refractivity contribution in [2.75, 3.05) is 6.54 Å². The highest BCUT2D eigenvalue weighted by Gasteiger charge is 2.59. The number of azide groups is 2. The molecule has 1 N–H and O–H groups in total. The van der Waals surface area contributed by atoms with Gasteiger partial charge in [-0.15, -0.1) is 0 Å². The molecule has 0 amide bonds. The van der Waals surface area contributed by atoms with Gasteiger partial charge in [-0.3, -0.25) is 5.41 Å². The molecule has 0 aromatic heterocycles. The zero-order chi connectivity index (χ0) is 15.3. The summed E-state index contributed by atoms with van der Waals surface area (Å²) in [5.41, 5.74) is 16.4. The summed E-state index contributed by atoms with van der Waals surface area (Å²) in [7, 11) is 0. The van der Waals surface area contributed by atoms with Gasteiger partial charge in [-0.05, 0) is 11.1 Å². The van der Waals surface area contributed by atoms with Crippen LogP contribution in [0, 0.1) is 5.41 Å². The number of nitrogens with one attached hydrogen (secondary N) is 1. The monoisotopic (exact) mass is 293 g/mol. The molecule has 0 radical (unpaired) electrons. The lowest BCUT2D eigenvalue weighted by Gasteiger charge is -2.40. The molecule has 0 bridgehead atoms. The van der Waals surface area contributed by atoms with E-state index in [-0.39, 0.29) is 0 Å². The Labute approximate surface area is 110 Å². The third kappa shape index (κ3) is 3.23. The van der Waals surface area contributed by atoms with E-state index < -0.39 is 43.0 Å². The van der Waals surface area contributed by atoms with Gasteiger partial charge in [0, 0.05) is 16.7 Å². The zero-order valence-electron chi connectivity index (χ0n) is 10.2. The van der Waals surface area contributed by atoms with Crippen molar-refractivity contribution in [2.24, 2.45) is 10.2 Å². The Morgan fingerprint density at radius 2 is 2.10 bits per heavy atom. The van der Waals surface area contributed by atoms with Crippen molar-refractivity contribution >= 4 is 5.90 Å². The summed E-state index contributed by atoms with van der Waals surface area (Å²) in [4.78, 5) is 4.55. The van der Waals surface area contributed by atoms with Gasteiger partial charge in [0.1, 0.15) is 12.1 Å². The number of hydrogen-bond acceptors (Lipinski definition) is 5. The Balaban J connectivity index is 3.07. The fourth-order valence-corrected chi connectivity index (χ4v) is 1.60. The molecule has 0 aromatic carbocycles. The lowest BCUT2D eigenvalue weighted by molar-refractivity contribution is -0.278. The molecule has 110 valence electrons. The standard InChI is InChI=1S/C8H10F3N7O2/c1-3(12)19-7-5(16-18-14)6(9)8(10,11)4(20-7)2-15-17-13/h4-7,12H,2H2,1H3. The summed E-state index contributed by atoms with van der Waals surface area (Å²) >= 11 is 0. The van der Waals surface area contributed by atoms with E-state index in [1.54, 1.807) is 0 Å². The van der Waals surface area contributed by atoms with Crippen molar-refractivity contribution in [2.45, 2.75) is 37.5 Å². The summed E-state index contributed by atoms with van der Waals surface area (Å²) in [5.74, 6) is -4.46. The second-order valence-electron chi connectivity index (χ2n) is 3.85. The van der Waals surface area contributed by atoms with Crippen LogP contribution in [0.4, 0.5) is 13.2 Å². The largest absolute Gasteiger partial charge is 0.452 e. The van der Waals surface area contributed by atoms with Gasteiger partial charge in [0.15, 0.2) is 12.1 Å². The van der Waals surface area contributed by atoms with E-state index in [1.165, 1.54) is 6.92 Å². The molecular weight excluding hydrogens is 283 g/mol. The summed E-state index contributed by atoms with van der Waals surface area (Å²) in [6, 6.07) is -1.96. The lowest BCUT2D eigenvalue weighted by atomic mass is 9.97. The molecule has 0 saturated carbocycles. The molecule has 20 heavy (non-hydrogen) atoms. The van der Waals surface area contributed by atoms with Gasteiger partial charge in [-0.2, -0.15) is 0 Å². The fourth-order valence-electron chi connectivity index (χ4n) is 1.60. The molecule has 9 nitrogen and oxygen atoms in total. The molecule has 1 aliphatic heterocycles. The third-order valence-electron chi connectivity index (χ3n) is 2.46. The van der Waals surface area contributed by atoms with Gasteiger partial charge >= 0.3 is 5.92 Å². The topological polar surface area (TPSA) is 140 Å². The molecule has 4 unspecified atom stereocenters. The van der Waals surface area contributed by atoms with Crippen molar-refractivity contribution in [3.8, 4) is 0 Å². The van der Waals surface area contributed by atoms with Gasteiger partial charge in [-0.1, -0.05) is 10.2 Å². The van der Waals surface area contributed by atoms with Gasteiger partial charge < -0.3 is 9.47 Å². The van der Waals surface area contributed by atoms with Crippen molar-refractivity contribution in [1.29, 1.82) is 5.41 Å². The fraction of sp³-hybridized carbons (Fsp3) is 0.875. The first-order valence-corrected chi connectivity index (χ1v) is 5.28. The molecule has 1 fully saturated rings. The smallest absolute Gasteiger partial charge is 0.305 e. The van der Waals surface area contributed by atoms with Crippen molar-refractivity contribution in [1.82, 2.24) is 0 Å². The van der Waals surface area contributed by atoms with Crippen LogP contribution in [0.25, 0.3) is 20.9 Å². The minimum absolute atomic E-state index is 0.437. The minimum atomic E-state index is -4.02. The second kappa shape index (κ2) is 6.33. The summed E-state index contributed by atoms with van der Waals surface area (Å²) < 4.78 is 50.7. The van der Waals surface area contributed by atoms with Gasteiger partial charge in [0.25, 0.3) is 0 Å². The number of hydrogen-bond donors (Lipinski definition) is 1. The molecule has 1 heterocycles. The molecular formula is C8H10F3N7O2. The van der Waals surface area contributed by atoms with Crippen LogP contribution in [0.15, 0.2) is 10.2 Å². The SMILES string of the molecule is CC(=N)OC1OC(CN=[N+]=[N-])C(F)(F)C(F)C1N=[N+]=[N-]. The molecule has 4 atom stereocenters. The number of ether oxygens (including phenoxy) is 2. The van der Waals surface area contributed by atoms with E-state index in [9.17, 15) is 13.2 Å². The molecule has 0 aromatic rings. The summed E-state index contributed by atoms with van der Waals surface area (Å²) in [6.07, 6.45) is -6.67. The average molecular weight is 293 g/mol. The Hall–Kier alpha value is -2.16. The van der Waals surface area contributed by atoms with Gasteiger partial charge in [0.2, 0.25) is 6.29 Å². The summed E-state index contributed by atoms with van der Waals surface area (Å²) in [5, 5.41) is 12.9. The second-order valence-corrected chi connectivity index (χ2v) is 3.85. The Bertz CT molecular complexity index is 471. The van der Waals surface area contributed by atoms with Crippen molar-refractivity contribution < 1.29 is 22.6 Å². The number of rotatable bonds is 4. The predicted molar refractivity (Wildman–Crippen MR) is 59.9 cm³/mol. The van der Waals surface area contributed by atoms with Crippen LogP contribution in [0.1, 0.15) is 6.92 Å². The maximum atomic E-state index is 13.8. The van der Waals surface area contributed by atoms with E-state index >= 15 is 0 Å². The Morgan fingerprint density at radius 3 is 2.60 bits per heavy atom. The lowest BCUT2D eigenvalue weighted by Crippen LogP contribution is -2.60. The number of halogens is 3. The Morgan fingerprint density at radius 1 is 1.45 bits per heavy atom. The quantitative estimate of drug-likeness (QED) is 0.280. The van der Waals surface area contributed by atoms with Crippen LogP contribution in [-0.2, 0) is 9.47 Å². The van der Waals surface area contributed by atoms with Crippen molar-refractivity contribution in [3.63, 3.8) is 0 Å². The highest BCUT2D eigenvalue weighted by atomic mass is 19.3. The van der Waals surface area contributed by atoms with Gasteiger partial charge in [-0.25, -0.2) is 13.2 Å². The summed E-state index contributed by atoms with van der Waals surface area (Å²) in [6.45, 7) is 0.336. The van der Waals surface area contributed by atoms with Crippen LogP contribution in [-0.4, -0.2) is 43.0 Å². The predicted octanol–water partition coefficient (Wildman–Crippen LogP) is 2.69. The Kier molecular flexibility index (Phi) is 5.03. The van der Waals surface area contributed by atoms with Crippen LogP contribution < -0.4 is 0 Å². The molecule has 0 spiro atoms. The maximum Gasteiger partial charge on any atom is 0.305 e. The average Bonchev–Trinajstić information content (AvgIpc) is 2.36. The van der Waals surface area contributed by atoms with Gasteiger partial charge in [0.05, 0.1) is 6.54 Å². The first kappa shape index (κ1) is 15.9. The third-order valence-corrected chi connectivity index (χ3v) is 2.46. The molecule has 0 aliphatic carbocycles. The van der Waals surface area contributed by atoms with Crippen molar-refractivity contribution in [3.05, 3.63) is 20.9 Å². The van der Waals surface area contributed by atoms with Crippen LogP contribution >= 0.6 is 0 Å². The van der Waals surface area contributed by atoms with E-state index in [2.05, 4.69) is 20.1 Å². The van der Waals surface area contributed by atoms with Crippen LogP contribution in [0.2, 0.25) is 0 Å². The highest BCUT2D eigenvalue weighted by molar-refractivity contribution is 5.69. The highest BCUT2D eigenvalue weighted by Crippen LogP contribution is 2.38. The molecule has 1 aliphatic rings. The maximum absolute atomic E-state index is 13.8. The van der Waals surface area contributed by atoms with Crippen LogP contribution in [0.5, 0.6) is 0 Å². The number of alkyl halides is 3. The number of nitrogens with zero attached hydrogens (tertiary/aromatic N) is 6. The zero-order valence-corrected chi connectivity index (χ0v) is 10.2. The minimum Gasteiger partial charge on any atom is -0.452 e. The normalized spacial score (nSPS) is 31.6.